The minimum Gasteiger partial charge on any atom is -0.466 e. The first-order chi connectivity index (χ1) is 11.5. The predicted molar refractivity (Wildman–Crippen MR) is 99.8 cm³/mol. The fourth-order valence-corrected chi connectivity index (χ4v) is 1.96. The Hall–Kier alpha value is -1.58. The van der Waals surface area contributed by atoms with Gasteiger partial charge < -0.3 is 9.47 Å². The minimum atomic E-state index is -0.394. The summed E-state index contributed by atoms with van der Waals surface area (Å²) in [5, 5.41) is 0. The van der Waals surface area contributed by atoms with Gasteiger partial charge in [-0.05, 0) is 13.3 Å². The van der Waals surface area contributed by atoms with Gasteiger partial charge in [0.1, 0.15) is 0 Å². The van der Waals surface area contributed by atoms with Crippen molar-refractivity contribution >= 4 is 11.9 Å². The zero-order valence-corrected chi connectivity index (χ0v) is 15.9. The third-order valence-electron chi connectivity index (χ3n) is 3.45. The SMILES string of the molecule is C=C(C)C(=O)OCCCCCCCCCCCC.C=CC(=O)OC. The summed E-state index contributed by atoms with van der Waals surface area (Å²) in [4.78, 5) is 20.9. The number of unbranched alkanes of at least 4 members (excludes halogenated alkanes) is 9. The largest absolute Gasteiger partial charge is 0.466 e. The van der Waals surface area contributed by atoms with Crippen molar-refractivity contribution in [3.63, 3.8) is 0 Å². The second kappa shape index (κ2) is 19.5. The fraction of sp³-hybridized carbons (Fsp3) is 0.700. The third kappa shape index (κ3) is 20.4. The van der Waals surface area contributed by atoms with Gasteiger partial charge in [-0.3, -0.25) is 0 Å². The van der Waals surface area contributed by atoms with Gasteiger partial charge in [-0.2, -0.15) is 0 Å². The van der Waals surface area contributed by atoms with E-state index in [0.29, 0.717) is 12.2 Å². The zero-order chi connectivity index (χ0) is 18.6. The Morgan fingerprint density at radius 3 is 1.71 bits per heavy atom. The van der Waals surface area contributed by atoms with Gasteiger partial charge >= 0.3 is 11.9 Å². The molecule has 0 bridgehead atoms. The molecule has 0 aliphatic heterocycles. The number of hydrogen-bond donors (Lipinski definition) is 0. The van der Waals surface area contributed by atoms with Gasteiger partial charge in [0.15, 0.2) is 0 Å². The lowest BCUT2D eigenvalue weighted by Crippen LogP contribution is -2.05. The maximum Gasteiger partial charge on any atom is 0.333 e. The second-order valence-electron chi connectivity index (χ2n) is 5.83. The summed E-state index contributed by atoms with van der Waals surface area (Å²) in [6.45, 7) is 11.2. The quantitative estimate of drug-likeness (QED) is 0.257. The van der Waals surface area contributed by atoms with Gasteiger partial charge in [0.05, 0.1) is 13.7 Å². The third-order valence-corrected chi connectivity index (χ3v) is 3.45. The Bertz CT molecular complexity index is 348. The first-order valence-electron chi connectivity index (χ1n) is 9.02. The highest BCUT2D eigenvalue weighted by Gasteiger charge is 2.01. The Morgan fingerprint density at radius 1 is 0.917 bits per heavy atom. The number of hydrogen-bond acceptors (Lipinski definition) is 4. The normalized spacial score (nSPS) is 9.46. The van der Waals surface area contributed by atoms with Gasteiger partial charge in [-0.1, -0.05) is 77.9 Å². The molecule has 0 atom stereocenters. The highest BCUT2D eigenvalue weighted by molar-refractivity contribution is 5.86. The van der Waals surface area contributed by atoms with Crippen LogP contribution >= 0.6 is 0 Å². The summed E-state index contributed by atoms with van der Waals surface area (Å²) in [5.41, 5.74) is 0.488. The molecule has 24 heavy (non-hydrogen) atoms. The van der Waals surface area contributed by atoms with Gasteiger partial charge in [-0.25, -0.2) is 9.59 Å². The average Bonchev–Trinajstić information content (AvgIpc) is 2.59. The van der Waals surface area contributed by atoms with E-state index in [4.69, 9.17) is 4.74 Å². The number of methoxy groups -OCH3 is 1. The van der Waals surface area contributed by atoms with Crippen LogP contribution in [0, 0.1) is 0 Å². The van der Waals surface area contributed by atoms with Crippen LogP contribution in [0.2, 0.25) is 0 Å². The highest BCUT2D eigenvalue weighted by Crippen LogP contribution is 2.10. The van der Waals surface area contributed by atoms with E-state index in [1.54, 1.807) is 6.92 Å². The Morgan fingerprint density at radius 2 is 1.38 bits per heavy atom. The molecule has 0 saturated carbocycles. The molecular formula is C20H36O4. The molecule has 0 amide bonds. The summed E-state index contributed by atoms with van der Waals surface area (Å²) in [7, 11) is 1.31. The molecule has 0 aliphatic rings. The lowest BCUT2D eigenvalue weighted by atomic mass is 10.1. The molecule has 0 N–H and O–H groups in total. The maximum absolute atomic E-state index is 11.1. The predicted octanol–water partition coefficient (Wildman–Crippen LogP) is 5.37. The molecule has 0 aromatic rings. The Labute approximate surface area is 148 Å². The van der Waals surface area contributed by atoms with Gasteiger partial charge in [0.2, 0.25) is 0 Å². The van der Waals surface area contributed by atoms with Crippen LogP contribution in [0.4, 0.5) is 0 Å². The lowest BCUT2D eigenvalue weighted by molar-refractivity contribution is -0.139. The molecule has 0 unspecified atom stereocenters. The van der Waals surface area contributed by atoms with E-state index in [9.17, 15) is 9.59 Å². The van der Waals surface area contributed by atoms with Crippen LogP contribution in [0.25, 0.3) is 0 Å². The van der Waals surface area contributed by atoms with Crippen LogP contribution in [-0.4, -0.2) is 25.7 Å². The molecular weight excluding hydrogens is 304 g/mol. The van der Waals surface area contributed by atoms with E-state index in [1.807, 2.05) is 0 Å². The molecule has 0 rings (SSSR count). The van der Waals surface area contributed by atoms with Gasteiger partial charge in [0.25, 0.3) is 0 Å². The summed E-state index contributed by atoms with van der Waals surface area (Å²) >= 11 is 0. The molecule has 4 heteroatoms. The highest BCUT2D eigenvalue weighted by atomic mass is 16.5. The summed E-state index contributed by atoms with van der Waals surface area (Å²) in [6.07, 6.45) is 14.1. The number of carbonyl (C=O) groups is 2. The molecule has 0 fully saturated rings. The molecule has 4 nitrogen and oxygen atoms in total. The maximum atomic E-state index is 11.1. The van der Waals surface area contributed by atoms with Crippen molar-refractivity contribution in [3.8, 4) is 0 Å². The van der Waals surface area contributed by atoms with E-state index in [0.717, 1.165) is 12.5 Å². The lowest BCUT2D eigenvalue weighted by Gasteiger charge is -2.04. The first kappa shape index (κ1) is 24.7. The second-order valence-corrected chi connectivity index (χ2v) is 5.83. The van der Waals surface area contributed by atoms with Crippen molar-refractivity contribution in [2.45, 2.75) is 78.1 Å². The fourth-order valence-electron chi connectivity index (χ4n) is 1.96. The smallest absolute Gasteiger partial charge is 0.333 e. The van der Waals surface area contributed by atoms with Crippen LogP contribution in [0.15, 0.2) is 24.8 Å². The Balaban J connectivity index is 0. The number of ether oxygens (including phenoxy) is 2. The minimum absolute atomic E-state index is 0.258. The van der Waals surface area contributed by atoms with Crippen molar-refractivity contribution in [2.75, 3.05) is 13.7 Å². The van der Waals surface area contributed by atoms with Crippen LogP contribution in [0.5, 0.6) is 0 Å². The van der Waals surface area contributed by atoms with Crippen molar-refractivity contribution in [1.29, 1.82) is 0 Å². The topological polar surface area (TPSA) is 52.6 Å². The standard InChI is InChI=1S/C16H30O2.C4H6O2/c1-4-5-6-7-8-9-10-11-12-13-14-18-16(17)15(2)3;1-3-4(5)6-2/h2,4-14H2,1,3H3;3H,1H2,2H3. The van der Waals surface area contributed by atoms with E-state index >= 15 is 0 Å². The van der Waals surface area contributed by atoms with E-state index < -0.39 is 5.97 Å². The summed E-state index contributed by atoms with van der Waals surface area (Å²) in [6, 6.07) is 0. The molecule has 0 aromatic carbocycles. The molecule has 0 radical (unpaired) electrons. The van der Waals surface area contributed by atoms with Crippen LogP contribution in [0.1, 0.15) is 78.1 Å². The molecule has 0 aliphatic carbocycles. The van der Waals surface area contributed by atoms with Crippen molar-refractivity contribution < 1.29 is 19.1 Å². The molecule has 140 valence electrons. The van der Waals surface area contributed by atoms with E-state index in [1.165, 1.54) is 64.9 Å². The molecule has 0 aromatic heterocycles. The van der Waals surface area contributed by atoms with Crippen LogP contribution < -0.4 is 0 Å². The van der Waals surface area contributed by atoms with Gasteiger partial charge in [-0.15, -0.1) is 0 Å². The van der Waals surface area contributed by atoms with E-state index in [2.05, 4.69) is 24.8 Å². The first-order valence-corrected chi connectivity index (χ1v) is 9.02. The van der Waals surface area contributed by atoms with Crippen molar-refractivity contribution in [3.05, 3.63) is 24.8 Å². The van der Waals surface area contributed by atoms with Crippen molar-refractivity contribution in [2.24, 2.45) is 0 Å². The van der Waals surface area contributed by atoms with Crippen molar-refractivity contribution in [1.82, 2.24) is 0 Å². The summed E-state index contributed by atoms with van der Waals surface area (Å²) < 4.78 is 9.18. The van der Waals surface area contributed by atoms with Gasteiger partial charge in [0, 0.05) is 11.6 Å². The Kier molecular flexibility index (Phi) is 20.0. The number of esters is 2. The molecule has 0 heterocycles. The van der Waals surface area contributed by atoms with Crippen LogP contribution in [0.3, 0.4) is 0 Å². The summed E-state index contributed by atoms with van der Waals surface area (Å²) in [5.74, 6) is -0.652. The van der Waals surface area contributed by atoms with E-state index in [-0.39, 0.29) is 5.97 Å². The molecule has 0 spiro atoms. The monoisotopic (exact) mass is 340 g/mol. The number of rotatable bonds is 13. The average molecular weight is 341 g/mol. The van der Waals surface area contributed by atoms with Crippen LogP contribution in [-0.2, 0) is 19.1 Å². The molecule has 0 saturated heterocycles. The number of carbonyl (C=O) groups excluding carboxylic acids is 2. The zero-order valence-electron chi connectivity index (χ0n) is 15.9.